The van der Waals surface area contributed by atoms with E-state index in [0.717, 1.165) is 16.8 Å². The van der Waals surface area contributed by atoms with Crippen LogP contribution in [-0.4, -0.2) is 28.4 Å². The van der Waals surface area contributed by atoms with Gasteiger partial charge in [0.1, 0.15) is 0 Å². The molecule has 0 saturated carbocycles. The average Bonchev–Trinajstić information content (AvgIpc) is 2.83. The minimum Gasteiger partial charge on any atom is -0.268 e. The molecule has 7 heteroatoms. The quantitative estimate of drug-likeness (QED) is 0.902. The van der Waals surface area contributed by atoms with Crippen molar-refractivity contribution in [3.8, 4) is 11.3 Å². The van der Waals surface area contributed by atoms with Crippen molar-refractivity contribution in [1.82, 2.24) is 19.5 Å². The second-order valence-corrected chi connectivity index (χ2v) is 7.16. The third-order valence-electron chi connectivity index (χ3n) is 3.01. The van der Waals surface area contributed by atoms with Gasteiger partial charge in [-0.2, -0.15) is 5.10 Å². The molecule has 2 heterocycles. The number of hydrogen-bond donors (Lipinski definition) is 1. The number of sulfonamides is 1. The normalized spacial score (nSPS) is 12.0. The number of pyridine rings is 1. The van der Waals surface area contributed by atoms with Crippen LogP contribution in [0.25, 0.3) is 11.3 Å². The van der Waals surface area contributed by atoms with E-state index in [1.807, 2.05) is 19.2 Å². The Balaban J connectivity index is 2.18. The van der Waals surface area contributed by atoms with Gasteiger partial charge in [-0.25, -0.2) is 13.1 Å². The van der Waals surface area contributed by atoms with Crippen LogP contribution in [0.2, 0.25) is 0 Å². The van der Waals surface area contributed by atoms with Crippen LogP contribution >= 0.6 is 0 Å². The van der Waals surface area contributed by atoms with Gasteiger partial charge in [-0.15, -0.1) is 0 Å². The summed E-state index contributed by atoms with van der Waals surface area (Å²) in [5.41, 5.74) is 2.66. The van der Waals surface area contributed by atoms with E-state index >= 15 is 0 Å². The summed E-state index contributed by atoms with van der Waals surface area (Å²) in [5.74, 6) is 0. The zero-order valence-corrected chi connectivity index (χ0v) is 12.6. The fourth-order valence-electron chi connectivity index (χ4n) is 1.73. The van der Waals surface area contributed by atoms with Crippen LogP contribution in [0, 0.1) is 0 Å². The van der Waals surface area contributed by atoms with Gasteiger partial charge in [0.2, 0.25) is 10.0 Å². The van der Waals surface area contributed by atoms with E-state index in [1.165, 1.54) is 0 Å². The van der Waals surface area contributed by atoms with E-state index in [1.54, 1.807) is 37.1 Å². The first-order valence-electron chi connectivity index (χ1n) is 6.31. The summed E-state index contributed by atoms with van der Waals surface area (Å²) in [6.07, 6.45) is 5.10. The highest BCUT2D eigenvalue weighted by atomic mass is 32.2. The average molecular weight is 294 g/mol. The van der Waals surface area contributed by atoms with Gasteiger partial charge in [-0.1, -0.05) is 0 Å². The molecular weight excluding hydrogens is 276 g/mol. The van der Waals surface area contributed by atoms with Gasteiger partial charge in [0.05, 0.1) is 10.9 Å². The lowest BCUT2D eigenvalue weighted by molar-refractivity contribution is 0.572. The zero-order chi connectivity index (χ0) is 14.8. The van der Waals surface area contributed by atoms with E-state index < -0.39 is 15.3 Å². The van der Waals surface area contributed by atoms with Crippen molar-refractivity contribution < 1.29 is 8.42 Å². The van der Waals surface area contributed by atoms with E-state index in [0.29, 0.717) is 0 Å². The molecule has 2 rings (SSSR count). The first-order chi connectivity index (χ1) is 9.40. The standard InChI is InChI=1S/C13H18N4O2S/c1-10(2)20(18,19)16-8-11-6-12(9-14-7-11)13-4-5-15-17(13)3/h4-7,9-10,16H,8H2,1-3H3. The molecule has 0 bridgehead atoms. The number of nitrogens with one attached hydrogen (secondary N) is 1. The second-order valence-electron chi connectivity index (χ2n) is 4.84. The fourth-order valence-corrected chi connectivity index (χ4v) is 2.43. The Morgan fingerprint density at radius 2 is 2.10 bits per heavy atom. The number of aryl methyl sites for hydroxylation is 1. The minimum atomic E-state index is -3.27. The molecule has 1 N–H and O–H groups in total. The van der Waals surface area contributed by atoms with Crippen molar-refractivity contribution >= 4 is 10.0 Å². The van der Waals surface area contributed by atoms with Gasteiger partial charge >= 0.3 is 0 Å². The lowest BCUT2D eigenvalue weighted by Gasteiger charge is -2.10. The molecule has 0 aliphatic carbocycles. The lowest BCUT2D eigenvalue weighted by Crippen LogP contribution is -2.30. The first-order valence-corrected chi connectivity index (χ1v) is 7.85. The second kappa shape index (κ2) is 5.72. The van der Waals surface area contributed by atoms with E-state index in [2.05, 4.69) is 14.8 Å². The van der Waals surface area contributed by atoms with Crippen LogP contribution in [0.5, 0.6) is 0 Å². The zero-order valence-electron chi connectivity index (χ0n) is 11.7. The third-order valence-corrected chi connectivity index (χ3v) is 4.80. The molecule has 0 aromatic carbocycles. The number of rotatable bonds is 5. The first kappa shape index (κ1) is 14.7. The highest BCUT2D eigenvalue weighted by molar-refractivity contribution is 7.90. The Hall–Kier alpha value is -1.73. The summed E-state index contributed by atoms with van der Waals surface area (Å²) in [6.45, 7) is 3.53. The Bertz CT molecular complexity index is 692. The molecule has 0 unspecified atom stereocenters. The highest BCUT2D eigenvalue weighted by Crippen LogP contribution is 2.18. The maximum absolute atomic E-state index is 11.7. The molecule has 0 fully saturated rings. The molecule has 2 aromatic rings. The van der Waals surface area contributed by atoms with Gasteiger partial charge in [-0.3, -0.25) is 9.67 Å². The molecule has 0 radical (unpaired) electrons. The largest absolute Gasteiger partial charge is 0.268 e. The molecule has 0 saturated heterocycles. The number of hydrogen-bond acceptors (Lipinski definition) is 4. The molecule has 20 heavy (non-hydrogen) atoms. The summed E-state index contributed by atoms with van der Waals surface area (Å²) in [7, 11) is -1.42. The topological polar surface area (TPSA) is 76.9 Å². The summed E-state index contributed by atoms with van der Waals surface area (Å²) in [6, 6.07) is 3.80. The molecular formula is C13H18N4O2S. The maximum Gasteiger partial charge on any atom is 0.214 e. The van der Waals surface area contributed by atoms with Gasteiger partial charge in [0, 0.05) is 37.7 Å². The highest BCUT2D eigenvalue weighted by Gasteiger charge is 2.15. The number of aromatic nitrogens is 3. The predicted octanol–water partition coefficient (Wildman–Crippen LogP) is 1.31. The van der Waals surface area contributed by atoms with Crippen LogP contribution in [0.3, 0.4) is 0 Å². The predicted molar refractivity (Wildman–Crippen MR) is 77.3 cm³/mol. The van der Waals surface area contributed by atoms with Gasteiger partial charge in [0.25, 0.3) is 0 Å². The summed E-state index contributed by atoms with van der Waals surface area (Å²) >= 11 is 0. The Kier molecular flexibility index (Phi) is 4.20. The monoisotopic (exact) mass is 294 g/mol. The summed E-state index contributed by atoms with van der Waals surface area (Å²) in [5, 5.41) is 3.66. The van der Waals surface area contributed by atoms with Crippen LogP contribution in [-0.2, 0) is 23.6 Å². The maximum atomic E-state index is 11.7. The molecule has 0 spiro atoms. The van der Waals surface area contributed by atoms with Crippen molar-refractivity contribution in [1.29, 1.82) is 0 Å². The van der Waals surface area contributed by atoms with Crippen molar-refractivity contribution in [3.63, 3.8) is 0 Å². The van der Waals surface area contributed by atoms with Crippen LogP contribution in [0.4, 0.5) is 0 Å². The van der Waals surface area contributed by atoms with Gasteiger partial charge < -0.3 is 0 Å². The molecule has 0 aliphatic rings. The molecule has 0 aliphatic heterocycles. The number of nitrogens with zero attached hydrogens (tertiary/aromatic N) is 3. The van der Waals surface area contributed by atoms with Crippen molar-refractivity contribution in [3.05, 3.63) is 36.3 Å². The van der Waals surface area contributed by atoms with Gasteiger partial charge in [-0.05, 0) is 31.5 Å². The van der Waals surface area contributed by atoms with Crippen LogP contribution < -0.4 is 4.72 Å². The van der Waals surface area contributed by atoms with Crippen molar-refractivity contribution in [2.75, 3.05) is 0 Å². The van der Waals surface area contributed by atoms with Crippen LogP contribution in [0.1, 0.15) is 19.4 Å². The Labute approximate surface area is 118 Å². The van der Waals surface area contributed by atoms with Crippen molar-refractivity contribution in [2.24, 2.45) is 7.05 Å². The molecule has 108 valence electrons. The Morgan fingerprint density at radius 3 is 2.70 bits per heavy atom. The summed E-state index contributed by atoms with van der Waals surface area (Å²) < 4.78 is 27.8. The van der Waals surface area contributed by atoms with E-state index in [-0.39, 0.29) is 6.54 Å². The summed E-state index contributed by atoms with van der Waals surface area (Å²) in [4.78, 5) is 4.15. The molecule has 2 aromatic heterocycles. The van der Waals surface area contributed by atoms with Crippen LogP contribution in [0.15, 0.2) is 30.7 Å². The van der Waals surface area contributed by atoms with E-state index in [9.17, 15) is 8.42 Å². The SMILES string of the molecule is CC(C)S(=O)(=O)NCc1cncc(-c2ccnn2C)c1. The molecule has 0 atom stereocenters. The Morgan fingerprint density at radius 1 is 1.35 bits per heavy atom. The van der Waals surface area contributed by atoms with Gasteiger partial charge in [0.15, 0.2) is 0 Å². The third kappa shape index (κ3) is 3.23. The molecule has 6 nitrogen and oxygen atoms in total. The van der Waals surface area contributed by atoms with Crippen molar-refractivity contribution in [2.45, 2.75) is 25.6 Å². The smallest absolute Gasteiger partial charge is 0.214 e. The molecule has 0 amide bonds. The fraction of sp³-hybridized carbons (Fsp3) is 0.385. The minimum absolute atomic E-state index is 0.235. The lowest BCUT2D eigenvalue weighted by atomic mass is 10.1. The van der Waals surface area contributed by atoms with E-state index in [4.69, 9.17) is 0 Å².